The van der Waals surface area contributed by atoms with Gasteiger partial charge in [0.2, 0.25) is 0 Å². The van der Waals surface area contributed by atoms with Crippen molar-refractivity contribution in [3.05, 3.63) is 11.1 Å². The molecule has 0 aromatic heterocycles. The van der Waals surface area contributed by atoms with Crippen LogP contribution in [0.15, 0.2) is 11.1 Å². The fourth-order valence-corrected chi connectivity index (χ4v) is 6.90. The van der Waals surface area contributed by atoms with Gasteiger partial charge in [0.25, 0.3) is 0 Å². The first-order chi connectivity index (χ1) is 9.11. The third-order valence-corrected chi connectivity index (χ3v) is 6.84. The summed E-state index contributed by atoms with van der Waals surface area (Å²) in [6.07, 6.45) is 0. The van der Waals surface area contributed by atoms with Crippen LogP contribution in [0.5, 0.6) is 0 Å². The Hall–Kier alpha value is -0.380. The van der Waals surface area contributed by atoms with Crippen LogP contribution in [0.1, 0.15) is 13.8 Å². The van der Waals surface area contributed by atoms with Crippen molar-refractivity contribution < 1.29 is 14.2 Å². The molecular weight excluding hydrogens is 240 g/mol. The highest BCUT2D eigenvalue weighted by molar-refractivity contribution is 5.67. The van der Waals surface area contributed by atoms with Gasteiger partial charge in [-0.3, -0.25) is 0 Å². The number of ether oxygens (including phenoxy) is 3. The van der Waals surface area contributed by atoms with Crippen molar-refractivity contribution in [2.24, 2.45) is 34.0 Å². The summed E-state index contributed by atoms with van der Waals surface area (Å²) in [6.45, 7) is 7.20. The predicted octanol–water partition coefficient (Wildman–Crippen LogP) is 2.12. The molecule has 5 rings (SSSR count). The van der Waals surface area contributed by atoms with E-state index in [0.717, 1.165) is 31.7 Å². The van der Waals surface area contributed by atoms with Gasteiger partial charge in [-0.25, -0.2) is 0 Å². The average molecular weight is 264 g/mol. The Morgan fingerprint density at radius 3 is 2.05 bits per heavy atom. The molecule has 0 aromatic carbocycles. The number of methoxy groups -OCH3 is 3. The second kappa shape index (κ2) is 3.26. The topological polar surface area (TPSA) is 27.7 Å². The smallest absolute Gasteiger partial charge is 0.0537 e. The minimum absolute atomic E-state index is 0.322. The van der Waals surface area contributed by atoms with Crippen LogP contribution in [0.4, 0.5) is 0 Å². The van der Waals surface area contributed by atoms with Crippen LogP contribution in [0.25, 0.3) is 0 Å². The van der Waals surface area contributed by atoms with Gasteiger partial charge < -0.3 is 14.2 Å². The Morgan fingerprint density at radius 1 is 0.947 bits per heavy atom. The first-order valence-electron chi connectivity index (χ1n) is 7.26. The molecule has 5 aliphatic carbocycles. The summed E-state index contributed by atoms with van der Waals surface area (Å²) in [7, 11) is 5.51. The van der Waals surface area contributed by atoms with Crippen LogP contribution in [0.3, 0.4) is 0 Å². The lowest BCUT2D eigenvalue weighted by molar-refractivity contribution is -0.0734. The van der Waals surface area contributed by atoms with Crippen molar-refractivity contribution in [1.82, 2.24) is 0 Å². The maximum atomic E-state index is 5.62. The van der Waals surface area contributed by atoms with Crippen molar-refractivity contribution in [1.29, 1.82) is 0 Å². The summed E-state index contributed by atoms with van der Waals surface area (Å²) >= 11 is 0. The molecule has 0 N–H and O–H groups in total. The summed E-state index contributed by atoms with van der Waals surface area (Å²) in [6, 6.07) is 0. The Balaban J connectivity index is 1.80. The highest BCUT2D eigenvalue weighted by Gasteiger charge is 3.12. The number of hydrogen-bond acceptors (Lipinski definition) is 3. The van der Waals surface area contributed by atoms with Crippen LogP contribution < -0.4 is 0 Å². The minimum Gasteiger partial charge on any atom is -0.384 e. The van der Waals surface area contributed by atoms with Gasteiger partial charge in [0.15, 0.2) is 0 Å². The van der Waals surface area contributed by atoms with Crippen LogP contribution in [0.2, 0.25) is 0 Å². The lowest BCUT2D eigenvalue weighted by Crippen LogP contribution is -2.46. The van der Waals surface area contributed by atoms with Gasteiger partial charge in [0.05, 0.1) is 19.8 Å². The van der Waals surface area contributed by atoms with E-state index in [2.05, 4.69) is 13.8 Å². The van der Waals surface area contributed by atoms with Crippen LogP contribution in [-0.4, -0.2) is 41.2 Å². The quantitative estimate of drug-likeness (QED) is 0.688. The summed E-state index contributed by atoms with van der Waals surface area (Å²) in [5.74, 6) is 2.26. The van der Waals surface area contributed by atoms with Crippen molar-refractivity contribution >= 4 is 0 Å². The fourth-order valence-electron chi connectivity index (χ4n) is 6.90. The zero-order valence-corrected chi connectivity index (χ0v) is 12.6. The molecule has 5 saturated carbocycles. The molecule has 3 heteroatoms. The van der Waals surface area contributed by atoms with E-state index in [9.17, 15) is 0 Å². The van der Waals surface area contributed by atoms with Gasteiger partial charge in [-0.2, -0.15) is 0 Å². The molecule has 0 aromatic rings. The maximum Gasteiger partial charge on any atom is 0.0537 e. The maximum absolute atomic E-state index is 5.62. The second-order valence-corrected chi connectivity index (χ2v) is 7.19. The van der Waals surface area contributed by atoms with E-state index in [1.807, 2.05) is 21.3 Å². The third-order valence-electron chi connectivity index (χ3n) is 6.84. The van der Waals surface area contributed by atoms with Crippen molar-refractivity contribution in [2.45, 2.75) is 13.8 Å². The van der Waals surface area contributed by atoms with E-state index >= 15 is 0 Å². The zero-order chi connectivity index (χ0) is 13.6. The van der Waals surface area contributed by atoms with E-state index in [4.69, 9.17) is 14.2 Å². The standard InChI is InChI=1S/C16H24O3/c1-9(2)10-11-13-14(11,6-17-3)16(8-19-5)12(10)15(13,16)7-18-4/h11-13H,6-8H2,1-5H3. The predicted molar refractivity (Wildman–Crippen MR) is 71.8 cm³/mol. The average Bonchev–Trinajstić information content (AvgIpc) is 3.01. The molecule has 2 bridgehead atoms. The molecule has 0 amide bonds. The lowest BCUT2D eigenvalue weighted by Gasteiger charge is -2.42. The largest absolute Gasteiger partial charge is 0.384 e. The molecule has 6 atom stereocenters. The molecule has 5 fully saturated rings. The van der Waals surface area contributed by atoms with Gasteiger partial charge >= 0.3 is 0 Å². The fraction of sp³-hybridized carbons (Fsp3) is 0.875. The highest BCUT2D eigenvalue weighted by atomic mass is 16.5. The third kappa shape index (κ3) is 0.838. The molecule has 0 radical (unpaired) electrons. The Labute approximate surface area is 115 Å². The monoisotopic (exact) mass is 264 g/mol. The van der Waals surface area contributed by atoms with Gasteiger partial charge in [0.1, 0.15) is 0 Å². The Bertz CT molecular complexity index is 464. The first-order valence-corrected chi connectivity index (χ1v) is 7.26. The molecule has 6 unspecified atom stereocenters. The second-order valence-electron chi connectivity index (χ2n) is 7.19. The van der Waals surface area contributed by atoms with E-state index < -0.39 is 0 Å². The van der Waals surface area contributed by atoms with Crippen molar-refractivity contribution in [3.8, 4) is 0 Å². The number of rotatable bonds is 6. The van der Waals surface area contributed by atoms with Crippen molar-refractivity contribution in [2.75, 3.05) is 41.2 Å². The molecule has 0 heterocycles. The van der Waals surface area contributed by atoms with Gasteiger partial charge in [-0.1, -0.05) is 11.1 Å². The first kappa shape index (κ1) is 12.4. The summed E-state index contributed by atoms with van der Waals surface area (Å²) in [5, 5.41) is 0. The molecule has 5 aliphatic rings. The van der Waals surface area contributed by atoms with E-state index in [1.54, 1.807) is 5.57 Å². The van der Waals surface area contributed by atoms with Gasteiger partial charge in [0, 0.05) is 37.6 Å². The van der Waals surface area contributed by atoms with Crippen LogP contribution in [0, 0.1) is 34.0 Å². The minimum atomic E-state index is 0.322. The summed E-state index contributed by atoms with van der Waals surface area (Å²) < 4.78 is 16.8. The van der Waals surface area contributed by atoms with E-state index in [0.29, 0.717) is 22.2 Å². The molecule has 106 valence electrons. The van der Waals surface area contributed by atoms with Crippen LogP contribution in [-0.2, 0) is 14.2 Å². The van der Waals surface area contributed by atoms with Crippen LogP contribution >= 0.6 is 0 Å². The SMILES string of the molecule is COCC12C3C(=C(C)C)C4C(COC)(C31)C42COC. The molecule has 3 nitrogen and oxygen atoms in total. The molecule has 19 heavy (non-hydrogen) atoms. The van der Waals surface area contributed by atoms with Gasteiger partial charge in [-0.15, -0.1) is 0 Å². The summed E-state index contributed by atoms with van der Waals surface area (Å²) in [4.78, 5) is 0. The normalized spacial score (nSPS) is 54.8. The zero-order valence-electron chi connectivity index (χ0n) is 12.6. The van der Waals surface area contributed by atoms with Gasteiger partial charge in [-0.05, 0) is 31.6 Å². The number of allylic oxidation sites excluding steroid dienone is 2. The molecular formula is C16H24O3. The van der Waals surface area contributed by atoms with Crippen molar-refractivity contribution in [3.63, 3.8) is 0 Å². The Morgan fingerprint density at radius 2 is 1.53 bits per heavy atom. The molecule has 0 spiro atoms. The van der Waals surface area contributed by atoms with E-state index in [1.165, 1.54) is 5.57 Å². The summed E-state index contributed by atoms with van der Waals surface area (Å²) in [5.41, 5.74) is 4.33. The van der Waals surface area contributed by atoms with E-state index in [-0.39, 0.29) is 0 Å². The molecule has 0 saturated heterocycles. The Kier molecular flexibility index (Phi) is 2.12. The highest BCUT2D eigenvalue weighted by Crippen LogP contribution is 3.11. The molecule has 0 aliphatic heterocycles. The number of hydrogen-bond donors (Lipinski definition) is 0. The lowest BCUT2D eigenvalue weighted by atomic mass is 9.65.